The van der Waals surface area contributed by atoms with Gasteiger partial charge in [-0.05, 0) is 157 Å². The average Bonchev–Trinajstić information content (AvgIpc) is 2.26. The van der Waals surface area contributed by atoms with E-state index in [4.69, 9.17) is 0 Å². The molecule has 398 valence electrons. The second kappa shape index (κ2) is 18.2. The maximum Gasteiger partial charge on any atom is 0.0555 e. The van der Waals surface area contributed by atoms with Crippen LogP contribution in [0.15, 0.2) is 273 Å². The minimum atomic E-state index is -0.209. The molecule has 0 fully saturated rings. The predicted molar refractivity (Wildman–Crippen MR) is 359 cm³/mol. The standard InChI is InChI=1S/C80H57N3S/c1-79(2)68-31-15-12-28-61(68)63-39-37-55(48-70(63)79)81(72-33-18-22-50-20-8-10-26-59(50)72)57-44-53(52-36-42-74-67(46-52)77-75(83(74)54-24-6-5-7-25-54)43-41-66-65-30-14-17-35-76(65)84-78(66)77)45-58(47-57)82(73-34-19-23-51-21-9-11-27-60(51)73)56-38-40-64-62-29-13-16-32-69(62)80(3,4)71(64)49-56/h5-49H,1-4H3. The van der Waals surface area contributed by atoms with Gasteiger partial charge in [0, 0.05) is 81.0 Å². The van der Waals surface area contributed by atoms with Crippen LogP contribution in [0.5, 0.6) is 0 Å². The number of aromatic nitrogens is 1. The van der Waals surface area contributed by atoms with Crippen molar-refractivity contribution < 1.29 is 0 Å². The Labute approximate surface area is 493 Å². The van der Waals surface area contributed by atoms with Crippen LogP contribution in [0, 0.1) is 0 Å². The first kappa shape index (κ1) is 48.7. The van der Waals surface area contributed by atoms with E-state index in [1.54, 1.807) is 0 Å². The van der Waals surface area contributed by atoms with E-state index in [2.05, 4.69) is 315 Å². The van der Waals surface area contributed by atoms with Gasteiger partial charge in [-0.15, -0.1) is 11.3 Å². The van der Waals surface area contributed by atoms with Crippen molar-refractivity contribution in [2.75, 3.05) is 9.80 Å². The zero-order valence-corrected chi connectivity index (χ0v) is 48.0. The third-order valence-corrected chi connectivity index (χ3v) is 19.9. The average molecular weight is 1090 g/mol. The molecule has 0 atom stereocenters. The molecule has 0 amide bonds. The van der Waals surface area contributed by atoms with Gasteiger partial charge in [-0.1, -0.05) is 210 Å². The summed E-state index contributed by atoms with van der Waals surface area (Å²) >= 11 is 1.90. The molecule has 15 aromatic rings. The second-order valence-corrected chi connectivity index (χ2v) is 25.1. The second-order valence-electron chi connectivity index (χ2n) is 24.0. The molecule has 2 aromatic heterocycles. The summed E-state index contributed by atoms with van der Waals surface area (Å²) < 4.78 is 5.08. The fourth-order valence-corrected chi connectivity index (χ4v) is 15.9. The Morgan fingerprint density at radius 2 is 0.821 bits per heavy atom. The molecule has 13 aromatic carbocycles. The minimum Gasteiger partial charge on any atom is -0.310 e. The first-order valence-corrected chi connectivity index (χ1v) is 30.1. The van der Waals surface area contributed by atoms with Gasteiger partial charge >= 0.3 is 0 Å². The van der Waals surface area contributed by atoms with Crippen molar-refractivity contribution in [1.29, 1.82) is 0 Å². The third-order valence-electron chi connectivity index (χ3n) is 18.7. The Kier molecular flexibility index (Phi) is 10.6. The van der Waals surface area contributed by atoms with Crippen LogP contribution in [0.4, 0.5) is 34.1 Å². The largest absolute Gasteiger partial charge is 0.310 e. The SMILES string of the molecule is CC1(C)c2ccccc2-c2ccc(N(c3cc(-c4ccc5c(c4)c4c6sc7ccccc7c6ccc4n5-c4ccccc4)cc(N(c4ccc5c(c4)C(C)(C)c4ccccc4-5)c4cccc5ccccc45)c3)c3cccc4ccccc34)cc21. The monoisotopic (exact) mass is 1090 g/mol. The first-order valence-electron chi connectivity index (χ1n) is 29.3. The predicted octanol–water partition coefficient (Wildman–Crippen LogP) is 22.7. The summed E-state index contributed by atoms with van der Waals surface area (Å²) in [5.74, 6) is 0. The fraction of sp³-hybridized carbons (Fsp3) is 0.0750. The van der Waals surface area contributed by atoms with Crippen LogP contribution in [-0.4, -0.2) is 4.57 Å². The molecule has 0 saturated heterocycles. The lowest BCUT2D eigenvalue weighted by atomic mass is 9.82. The number of nitrogens with zero attached hydrogens (tertiary/aromatic N) is 3. The van der Waals surface area contributed by atoms with Crippen molar-refractivity contribution in [3.63, 3.8) is 0 Å². The van der Waals surface area contributed by atoms with E-state index in [9.17, 15) is 0 Å². The van der Waals surface area contributed by atoms with Crippen LogP contribution in [0.2, 0.25) is 0 Å². The third kappa shape index (κ3) is 7.17. The molecule has 2 heterocycles. The molecule has 84 heavy (non-hydrogen) atoms. The molecule has 0 N–H and O–H groups in total. The van der Waals surface area contributed by atoms with E-state index < -0.39 is 0 Å². The highest BCUT2D eigenvalue weighted by Crippen LogP contribution is 2.55. The smallest absolute Gasteiger partial charge is 0.0555 e. The molecular formula is C80H57N3S. The molecule has 3 nitrogen and oxygen atoms in total. The normalized spacial score (nSPS) is 13.7. The van der Waals surface area contributed by atoms with Crippen molar-refractivity contribution in [2.24, 2.45) is 0 Å². The summed E-state index contributed by atoms with van der Waals surface area (Å²) in [4.78, 5) is 5.08. The van der Waals surface area contributed by atoms with Crippen LogP contribution in [0.25, 0.3) is 103 Å². The van der Waals surface area contributed by atoms with Gasteiger partial charge in [-0.2, -0.15) is 0 Å². The van der Waals surface area contributed by atoms with Crippen molar-refractivity contribution in [3.05, 3.63) is 295 Å². The Morgan fingerprint density at radius 3 is 1.43 bits per heavy atom. The molecule has 0 radical (unpaired) electrons. The van der Waals surface area contributed by atoms with Crippen molar-refractivity contribution in [3.8, 4) is 39.1 Å². The molecule has 0 bridgehead atoms. The van der Waals surface area contributed by atoms with E-state index >= 15 is 0 Å². The Bertz CT molecular complexity index is 5010. The number of para-hydroxylation sites is 1. The van der Waals surface area contributed by atoms with Crippen molar-refractivity contribution >= 4 is 109 Å². The van der Waals surface area contributed by atoms with Crippen LogP contribution in [0.3, 0.4) is 0 Å². The molecule has 0 aliphatic heterocycles. The van der Waals surface area contributed by atoms with Gasteiger partial charge in [0.2, 0.25) is 0 Å². The minimum absolute atomic E-state index is 0.209. The van der Waals surface area contributed by atoms with Gasteiger partial charge in [0.05, 0.1) is 22.4 Å². The molecule has 0 saturated carbocycles. The van der Waals surface area contributed by atoms with Gasteiger partial charge < -0.3 is 14.4 Å². The van der Waals surface area contributed by atoms with Crippen molar-refractivity contribution in [1.82, 2.24) is 4.57 Å². The molecule has 2 aliphatic rings. The number of rotatable bonds is 8. The van der Waals surface area contributed by atoms with Crippen LogP contribution in [-0.2, 0) is 10.8 Å². The van der Waals surface area contributed by atoms with Gasteiger partial charge in [-0.3, -0.25) is 0 Å². The van der Waals surface area contributed by atoms with Gasteiger partial charge in [0.25, 0.3) is 0 Å². The van der Waals surface area contributed by atoms with Crippen molar-refractivity contribution in [2.45, 2.75) is 38.5 Å². The summed E-state index contributed by atoms with van der Waals surface area (Å²) in [6.07, 6.45) is 0. The van der Waals surface area contributed by atoms with Crippen LogP contribution in [0.1, 0.15) is 49.9 Å². The first-order chi connectivity index (χ1) is 41.2. The van der Waals surface area contributed by atoms with E-state index in [0.29, 0.717) is 0 Å². The van der Waals surface area contributed by atoms with Gasteiger partial charge in [-0.25, -0.2) is 0 Å². The van der Waals surface area contributed by atoms with Crippen LogP contribution >= 0.6 is 11.3 Å². The number of benzene rings is 13. The van der Waals surface area contributed by atoms with Gasteiger partial charge in [0.1, 0.15) is 0 Å². The maximum absolute atomic E-state index is 2.54. The number of thiophene rings is 1. The lowest BCUT2D eigenvalue weighted by Crippen LogP contribution is -2.18. The Morgan fingerprint density at radius 1 is 0.321 bits per heavy atom. The highest BCUT2D eigenvalue weighted by Gasteiger charge is 2.38. The van der Waals surface area contributed by atoms with Gasteiger partial charge in [0.15, 0.2) is 0 Å². The lowest BCUT2D eigenvalue weighted by Gasteiger charge is -2.32. The van der Waals surface area contributed by atoms with E-state index in [1.165, 1.54) is 108 Å². The zero-order valence-electron chi connectivity index (χ0n) is 47.2. The molecule has 0 unspecified atom stereocenters. The van der Waals surface area contributed by atoms with E-state index in [-0.39, 0.29) is 10.8 Å². The summed E-state index contributed by atoms with van der Waals surface area (Å²) in [5, 5.41) is 9.86. The quantitative estimate of drug-likeness (QED) is 0.150. The summed E-state index contributed by atoms with van der Waals surface area (Å²) in [5.41, 5.74) is 22.5. The molecule has 0 spiro atoms. The molecular weight excluding hydrogens is 1030 g/mol. The lowest BCUT2D eigenvalue weighted by molar-refractivity contribution is 0.660. The zero-order chi connectivity index (χ0) is 56.0. The van der Waals surface area contributed by atoms with Crippen LogP contribution < -0.4 is 9.80 Å². The van der Waals surface area contributed by atoms with E-state index in [1.807, 2.05) is 11.3 Å². The summed E-state index contributed by atoms with van der Waals surface area (Å²) in [6, 6.07) is 103. The Balaban J connectivity index is 0.975. The summed E-state index contributed by atoms with van der Waals surface area (Å²) in [6.45, 7) is 9.55. The number of hydrogen-bond donors (Lipinski definition) is 0. The molecule has 4 heteroatoms. The number of fused-ring (bicyclic) bond motifs is 15. The Hall–Kier alpha value is -10.0. The van der Waals surface area contributed by atoms with E-state index in [0.717, 1.165) is 50.9 Å². The highest BCUT2D eigenvalue weighted by molar-refractivity contribution is 7.26. The number of hydrogen-bond acceptors (Lipinski definition) is 3. The fourth-order valence-electron chi connectivity index (χ4n) is 14.7. The topological polar surface area (TPSA) is 11.4 Å². The highest BCUT2D eigenvalue weighted by atomic mass is 32.1. The number of anilines is 6. The molecule has 17 rings (SSSR count). The summed E-state index contributed by atoms with van der Waals surface area (Å²) in [7, 11) is 0. The maximum atomic E-state index is 2.54. The molecule has 2 aliphatic carbocycles.